The van der Waals surface area contributed by atoms with Gasteiger partial charge in [0.25, 0.3) is 0 Å². The van der Waals surface area contributed by atoms with Gasteiger partial charge in [0.15, 0.2) is 5.75 Å². The molecule has 0 radical (unpaired) electrons. The molecule has 0 amide bonds. The maximum Gasteiger partial charge on any atom is 0.416 e. The molecule has 0 spiro atoms. The van der Waals surface area contributed by atoms with Crippen LogP contribution in [-0.4, -0.2) is 16.4 Å². The average molecular weight is 296 g/mol. The maximum atomic E-state index is 12.5. The van der Waals surface area contributed by atoms with Crippen LogP contribution in [0.5, 0.6) is 5.75 Å². The van der Waals surface area contributed by atoms with E-state index >= 15 is 0 Å². The highest BCUT2D eigenvalue weighted by molar-refractivity contribution is 6.21. The van der Waals surface area contributed by atoms with Gasteiger partial charge in [0.05, 0.1) is 10.5 Å². The molecule has 104 valence electrons. The predicted octanol–water partition coefficient (Wildman–Crippen LogP) is 3.76. The zero-order valence-corrected chi connectivity index (χ0v) is 10.2. The molecule has 0 aromatic heterocycles. The molecule has 1 aliphatic carbocycles. The van der Waals surface area contributed by atoms with Crippen molar-refractivity contribution in [3.8, 4) is 5.75 Å². The lowest BCUT2D eigenvalue weighted by molar-refractivity contribution is -0.386. The number of nitro benzene ring substituents is 1. The summed E-state index contributed by atoms with van der Waals surface area (Å²) >= 11 is 5.73. The van der Waals surface area contributed by atoms with Crippen LogP contribution in [0.2, 0.25) is 0 Å². The summed E-state index contributed by atoms with van der Waals surface area (Å²) in [6, 6.07) is 2.22. The number of alkyl halides is 4. The van der Waals surface area contributed by atoms with E-state index in [1.54, 1.807) is 0 Å². The summed E-state index contributed by atoms with van der Waals surface area (Å²) in [5, 5.41) is 10.7. The standard InChI is InChI=1S/C11H9ClF3NO3/c12-7-4-8(5-7)19-10-2-1-6(11(13,14)15)3-9(10)16(17)18/h1-3,7-8H,4-5H2. The van der Waals surface area contributed by atoms with Gasteiger partial charge in [-0.1, -0.05) is 0 Å². The second-order valence-corrected chi connectivity index (χ2v) is 4.86. The number of nitro groups is 1. The summed E-state index contributed by atoms with van der Waals surface area (Å²) in [5.41, 5.74) is -1.76. The molecule has 0 saturated heterocycles. The lowest BCUT2D eigenvalue weighted by Crippen LogP contribution is -2.34. The Labute approximate surface area is 111 Å². The van der Waals surface area contributed by atoms with E-state index in [9.17, 15) is 23.3 Å². The molecular weight excluding hydrogens is 287 g/mol. The summed E-state index contributed by atoms with van der Waals surface area (Å²) in [6.07, 6.45) is -3.85. The van der Waals surface area contributed by atoms with E-state index in [-0.39, 0.29) is 17.2 Å². The van der Waals surface area contributed by atoms with Crippen LogP contribution in [-0.2, 0) is 6.18 Å². The van der Waals surface area contributed by atoms with Crippen molar-refractivity contribution in [2.45, 2.75) is 30.5 Å². The Bertz CT molecular complexity index is 500. The van der Waals surface area contributed by atoms with Crippen molar-refractivity contribution in [2.75, 3.05) is 0 Å². The summed E-state index contributed by atoms with van der Waals surface area (Å²) < 4.78 is 42.7. The molecule has 1 aromatic rings. The van der Waals surface area contributed by atoms with Crippen molar-refractivity contribution in [2.24, 2.45) is 0 Å². The number of rotatable bonds is 3. The lowest BCUT2D eigenvalue weighted by atomic mass is 9.95. The fraction of sp³-hybridized carbons (Fsp3) is 0.455. The molecule has 0 N–H and O–H groups in total. The smallest absolute Gasteiger partial charge is 0.416 e. The van der Waals surface area contributed by atoms with Crippen LogP contribution in [0.4, 0.5) is 18.9 Å². The van der Waals surface area contributed by atoms with Crippen LogP contribution in [0.1, 0.15) is 18.4 Å². The topological polar surface area (TPSA) is 52.4 Å². The fourth-order valence-electron chi connectivity index (χ4n) is 1.71. The van der Waals surface area contributed by atoms with Crippen molar-refractivity contribution in [1.82, 2.24) is 0 Å². The Balaban J connectivity index is 2.25. The van der Waals surface area contributed by atoms with E-state index in [4.69, 9.17) is 16.3 Å². The number of hydrogen-bond donors (Lipinski definition) is 0. The van der Waals surface area contributed by atoms with E-state index in [1.807, 2.05) is 0 Å². The normalized spacial score (nSPS) is 22.7. The monoisotopic (exact) mass is 295 g/mol. The minimum Gasteiger partial charge on any atom is -0.483 e. The first-order chi connectivity index (χ1) is 8.77. The van der Waals surface area contributed by atoms with Crippen LogP contribution in [0.25, 0.3) is 0 Å². The number of nitrogens with zero attached hydrogens (tertiary/aromatic N) is 1. The molecule has 4 nitrogen and oxygen atoms in total. The number of benzene rings is 1. The van der Waals surface area contributed by atoms with E-state index in [0.29, 0.717) is 18.9 Å². The van der Waals surface area contributed by atoms with Gasteiger partial charge in [0, 0.05) is 24.3 Å². The SMILES string of the molecule is O=[N+]([O-])c1cc(C(F)(F)F)ccc1OC1CC(Cl)C1. The zero-order valence-electron chi connectivity index (χ0n) is 9.48. The van der Waals surface area contributed by atoms with E-state index in [1.165, 1.54) is 0 Å². The Morgan fingerprint density at radius 3 is 2.47 bits per heavy atom. The molecule has 0 bridgehead atoms. The van der Waals surface area contributed by atoms with Crippen molar-refractivity contribution < 1.29 is 22.8 Å². The molecule has 1 aliphatic rings. The van der Waals surface area contributed by atoms with Crippen LogP contribution >= 0.6 is 11.6 Å². The fourth-order valence-corrected chi connectivity index (χ4v) is 2.11. The van der Waals surface area contributed by atoms with Gasteiger partial charge < -0.3 is 4.74 Å². The Morgan fingerprint density at radius 2 is 2.00 bits per heavy atom. The summed E-state index contributed by atoms with van der Waals surface area (Å²) in [6.45, 7) is 0. The first-order valence-corrected chi connectivity index (χ1v) is 5.87. The first-order valence-electron chi connectivity index (χ1n) is 5.43. The van der Waals surface area contributed by atoms with Crippen LogP contribution < -0.4 is 4.74 Å². The summed E-state index contributed by atoms with van der Waals surface area (Å²) in [7, 11) is 0. The quantitative estimate of drug-likeness (QED) is 0.484. The molecule has 1 saturated carbocycles. The molecule has 19 heavy (non-hydrogen) atoms. The lowest BCUT2D eigenvalue weighted by Gasteiger charge is -2.31. The highest BCUT2D eigenvalue weighted by atomic mass is 35.5. The van der Waals surface area contributed by atoms with E-state index in [0.717, 1.165) is 12.1 Å². The van der Waals surface area contributed by atoms with Gasteiger partial charge >= 0.3 is 11.9 Å². The van der Waals surface area contributed by atoms with Gasteiger partial charge in [-0.25, -0.2) is 0 Å². The van der Waals surface area contributed by atoms with Crippen LogP contribution in [0.3, 0.4) is 0 Å². The van der Waals surface area contributed by atoms with Crippen molar-refractivity contribution in [3.63, 3.8) is 0 Å². The van der Waals surface area contributed by atoms with Crippen LogP contribution in [0.15, 0.2) is 18.2 Å². The van der Waals surface area contributed by atoms with Crippen LogP contribution in [0, 0.1) is 10.1 Å². The van der Waals surface area contributed by atoms with Gasteiger partial charge in [-0.05, 0) is 12.1 Å². The van der Waals surface area contributed by atoms with Crippen molar-refractivity contribution in [1.29, 1.82) is 0 Å². The third-order valence-electron chi connectivity index (χ3n) is 2.81. The molecular formula is C11H9ClF3NO3. The molecule has 1 aromatic carbocycles. The summed E-state index contributed by atoms with van der Waals surface area (Å²) in [4.78, 5) is 9.90. The Hall–Kier alpha value is -1.50. The predicted molar refractivity (Wildman–Crippen MR) is 61.4 cm³/mol. The van der Waals surface area contributed by atoms with Crippen molar-refractivity contribution >= 4 is 17.3 Å². The molecule has 0 heterocycles. The molecule has 0 atom stereocenters. The third kappa shape index (κ3) is 3.09. The number of ether oxygens (including phenoxy) is 1. The van der Waals surface area contributed by atoms with E-state index < -0.39 is 22.4 Å². The Kier molecular flexibility index (Phi) is 3.58. The average Bonchev–Trinajstić information content (AvgIpc) is 2.25. The van der Waals surface area contributed by atoms with Crippen molar-refractivity contribution in [3.05, 3.63) is 33.9 Å². The highest BCUT2D eigenvalue weighted by Crippen LogP contribution is 2.38. The molecule has 2 rings (SSSR count). The Morgan fingerprint density at radius 1 is 1.37 bits per heavy atom. The number of halogens is 4. The second kappa shape index (κ2) is 4.88. The third-order valence-corrected chi connectivity index (χ3v) is 3.17. The second-order valence-electron chi connectivity index (χ2n) is 4.25. The van der Waals surface area contributed by atoms with Gasteiger partial charge in [-0.3, -0.25) is 10.1 Å². The molecule has 8 heteroatoms. The van der Waals surface area contributed by atoms with Gasteiger partial charge in [0.1, 0.15) is 6.10 Å². The first kappa shape index (κ1) is 13.9. The van der Waals surface area contributed by atoms with Gasteiger partial charge in [-0.15, -0.1) is 11.6 Å². The minimum absolute atomic E-state index is 0.0431. The summed E-state index contributed by atoms with van der Waals surface area (Å²) in [5.74, 6) is -0.161. The molecule has 0 unspecified atom stereocenters. The molecule has 1 fully saturated rings. The maximum absolute atomic E-state index is 12.5. The zero-order chi connectivity index (χ0) is 14.2. The van der Waals surface area contributed by atoms with E-state index in [2.05, 4.69) is 0 Å². The highest BCUT2D eigenvalue weighted by Gasteiger charge is 2.35. The number of hydrogen-bond acceptors (Lipinski definition) is 3. The largest absolute Gasteiger partial charge is 0.483 e. The van der Waals surface area contributed by atoms with Gasteiger partial charge in [0.2, 0.25) is 0 Å². The minimum atomic E-state index is -4.62. The van der Waals surface area contributed by atoms with Gasteiger partial charge in [-0.2, -0.15) is 13.2 Å². The molecule has 0 aliphatic heterocycles.